The first-order chi connectivity index (χ1) is 19.5. The fraction of sp³-hybridized carbons (Fsp3) is 0.559. The van der Waals surface area contributed by atoms with E-state index in [0.717, 1.165) is 0 Å². The molecule has 0 aliphatic carbocycles. The number of benzene rings is 2. The van der Waals surface area contributed by atoms with E-state index in [2.05, 4.69) is 6.07 Å². The number of carbonyl (C=O) groups is 3. The summed E-state index contributed by atoms with van der Waals surface area (Å²) in [6, 6.07) is 14.9. The average molecular weight is 682 g/mol. The van der Waals surface area contributed by atoms with E-state index >= 15 is 0 Å². The number of hydrogen-bond acceptors (Lipinski definition) is 6. The van der Waals surface area contributed by atoms with Crippen molar-refractivity contribution in [2.45, 2.75) is 98.9 Å². The van der Waals surface area contributed by atoms with Gasteiger partial charge < -0.3 is 36.8 Å². The molecule has 0 atom stereocenters. The van der Waals surface area contributed by atoms with Crippen LogP contribution in [-0.4, -0.2) is 93.3 Å². The van der Waals surface area contributed by atoms with E-state index in [1.165, 1.54) is 18.2 Å². The molecule has 256 valence electrons. The number of aliphatic hydroxyl groups is 1. The van der Waals surface area contributed by atoms with Gasteiger partial charge in [0.15, 0.2) is 0 Å². The van der Waals surface area contributed by atoms with Crippen LogP contribution < -0.4 is 12.4 Å². The molecule has 0 bridgehead atoms. The van der Waals surface area contributed by atoms with Crippen LogP contribution in [0.15, 0.2) is 48.5 Å². The summed E-state index contributed by atoms with van der Waals surface area (Å²) in [7, 11) is 0. The number of nitrogens with zero attached hydrogens (tertiary/aromatic N) is 2. The van der Waals surface area contributed by atoms with E-state index in [1.807, 2.05) is 41.5 Å². The molecule has 2 aromatic rings. The molecular formula is C34H51ClF2MgN2O6. The van der Waals surface area contributed by atoms with Crippen LogP contribution in [0.1, 0.15) is 87.6 Å². The molecule has 2 heterocycles. The Morgan fingerprint density at radius 3 is 1.61 bits per heavy atom. The summed E-state index contributed by atoms with van der Waals surface area (Å²) in [5, 5.41) is 10.6. The van der Waals surface area contributed by atoms with Crippen molar-refractivity contribution in [1.82, 2.24) is 9.80 Å². The molecule has 2 saturated heterocycles. The van der Waals surface area contributed by atoms with Gasteiger partial charge in [-0.15, -0.1) is 12.1 Å². The summed E-state index contributed by atoms with van der Waals surface area (Å²) in [6.07, 6.45) is 0.807. The fourth-order valence-corrected chi connectivity index (χ4v) is 4.13. The van der Waals surface area contributed by atoms with E-state index < -0.39 is 28.7 Å². The molecule has 46 heavy (non-hydrogen) atoms. The first kappa shape index (κ1) is 47.9. The second kappa shape index (κ2) is 21.4. The zero-order valence-corrected chi connectivity index (χ0v) is 28.7. The molecule has 0 aromatic heterocycles. The second-order valence-electron chi connectivity index (χ2n) is 12.2. The van der Waals surface area contributed by atoms with Gasteiger partial charge in [-0.05, 0) is 60.5 Å². The van der Waals surface area contributed by atoms with Gasteiger partial charge in [0, 0.05) is 50.4 Å². The smallest absolute Gasteiger partial charge is 1.00 e. The number of amides is 2. The molecule has 2 aliphatic rings. The number of Topliss-reactive ketones (excluding diaryl/α,β-unsaturated/α-hetero) is 1. The van der Waals surface area contributed by atoms with E-state index in [1.54, 1.807) is 40.1 Å². The number of likely N-dealkylation sites (tertiary alicyclic amines) is 2. The maximum Gasteiger partial charge on any atom is 2.00 e. The maximum absolute atomic E-state index is 13.8. The summed E-state index contributed by atoms with van der Waals surface area (Å²) in [6.45, 7) is 12.6. The Kier molecular flexibility index (Phi) is 22.3. The number of ketones is 1. The molecule has 8 nitrogen and oxygen atoms in total. The van der Waals surface area contributed by atoms with Crippen LogP contribution in [0.2, 0.25) is 0 Å². The van der Waals surface area contributed by atoms with Crippen molar-refractivity contribution in [1.29, 1.82) is 0 Å². The van der Waals surface area contributed by atoms with Crippen LogP contribution in [-0.2, 0) is 19.9 Å². The zero-order valence-electron chi connectivity index (χ0n) is 26.5. The van der Waals surface area contributed by atoms with Crippen molar-refractivity contribution in [2.24, 2.45) is 0 Å². The van der Waals surface area contributed by atoms with Crippen molar-refractivity contribution in [2.75, 3.05) is 26.2 Å². The average Bonchev–Trinajstić information content (AvgIpc) is 2.89. The number of piperidine rings is 2. The minimum Gasteiger partial charge on any atom is -1.00 e. The molecule has 2 aromatic carbocycles. The van der Waals surface area contributed by atoms with Crippen LogP contribution in [0.25, 0.3) is 0 Å². The van der Waals surface area contributed by atoms with Gasteiger partial charge in [-0.2, -0.15) is 18.2 Å². The Morgan fingerprint density at radius 1 is 0.804 bits per heavy atom. The monoisotopic (exact) mass is 680 g/mol. The molecule has 12 heteroatoms. The number of halogens is 3. The SMILES string of the molecule is C.C.CC(C)(C)OC(=O)N1CCC(=O)CC1.CC(C)(C)OC(=O)N1CCC(O)(c2ccccc2F)CC1.Fc1[c-]cccc1.[Cl-].[Mg+2]. The Balaban J connectivity index is -0.000000644. The minimum atomic E-state index is -1.22. The number of rotatable bonds is 1. The summed E-state index contributed by atoms with van der Waals surface area (Å²) < 4.78 is 36.2. The quantitative estimate of drug-likeness (QED) is 0.359. The Labute approximate surface area is 296 Å². The van der Waals surface area contributed by atoms with Gasteiger partial charge >= 0.3 is 35.2 Å². The maximum atomic E-state index is 13.8. The van der Waals surface area contributed by atoms with Crippen LogP contribution in [0.3, 0.4) is 0 Å². The molecule has 2 fully saturated rings. The largest absolute Gasteiger partial charge is 2.00 e. The van der Waals surface area contributed by atoms with Gasteiger partial charge in [-0.1, -0.05) is 33.1 Å². The minimum absolute atomic E-state index is 0. The molecule has 1 N–H and O–H groups in total. The van der Waals surface area contributed by atoms with Gasteiger partial charge in [0.1, 0.15) is 22.8 Å². The molecular weight excluding hydrogens is 630 g/mol. The molecule has 2 amide bonds. The van der Waals surface area contributed by atoms with Gasteiger partial charge in [0.25, 0.3) is 0 Å². The van der Waals surface area contributed by atoms with Gasteiger partial charge in [-0.3, -0.25) is 4.79 Å². The van der Waals surface area contributed by atoms with Crippen molar-refractivity contribution in [3.63, 3.8) is 0 Å². The summed E-state index contributed by atoms with van der Waals surface area (Å²) in [5.41, 5.74) is -1.92. The third-order valence-corrected chi connectivity index (χ3v) is 6.26. The van der Waals surface area contributed by atoms with E-state index in [9.17, 15) is 28.3 Å². The van der Waals surface area contributed by atoms with E-state index in [0.29, 0.717) is 57.4 Å². The summed E-state index contributed by atoms with van der Waals surface area (Å²) in [5.74, 6) is -0.488. The Bertz CT molecular complexity index is 1170. The van der Waals surface area contributed by atoms with Crippen LogP contribution in [0, 0.1) is 17.7 Å². The molecule has 0 spiro atoms. The summed E-state index contributed by atoms with van der Waals surface area (Å²) >= 11 is 0. The molecule has 0 saturated carbocycles. The zero-order chi connectivity index (χ0) is 31.6. The number of ether oxygens (including phenoxy) is 2. The molecule has 0 radical (unpaired) electrons. The van der Waals surface area contributed by atoms with Crippen LogP contribution in [0.5, 0.6) is 0 Å². The predicted molar refractivity (Wildman–Crippen MR) is 174 cm³/mol. The predicted octanol–water partition coefficient (Wildman–Crippen LogP) is 4.15. The molecule has 0 unspecified atom stereocenters. The van der Waals surface area contributed by atoms with Gasteiger partial charge in [0.2, 0.25) is 0 Å². The third-order valence-electron chi connectivity index (χ3n) is 6.26. The molecule has 4 rings (SSSR count). The number of hydrogen-bond donors (Lipinski definition) is 1. The Hall–Kier alpha value is -2.47. The van der Waals surface area contributed by atoms with E-state index in [4.69, 9.17) is 9.47 Å². The topological polar surface area (TPSA) is 96.4 Å². The van der Waals surface area contributed by atoms with Gasteiger partial charge in [0.05, 0.1) is 5.60 Å². The van der Waals surface area contributed by atoms with Crippen LogP contribution in [0.4, 0.5) is 18.4 Å². The normalized spacial score (nSPS) is 15.3. The van der Waals surface area contributed by atoms with Crippen molar-refractivity contribution in [3.8, 4) is 0 Å². The van der Waals surface area contributed by atoms with Gasteiger partial charge in [-0.25, -0.2) is 18.4 Å². The molecule has 2 aliphatic heterocycles. The fourth-order valence-electron chi connectivity index (χ4n) is 4.13. The first-order valence-electron chi connectivity index (χ1n) is 14.1. The second-order valence-corrected chi connectivity index (χ2v) is 12.2. The van der Waals surface area contributed by atoms with Crippen LogP contribution >= 0.6 is 0 Å². The third kappa shape index (κ3) is 17.4. The van der Waals surface area contributed by atoms with Crippen molar-refractivity contribution >= 4 is 41.0 Å². The number of carbonyl (C=O) groups excluding carboxylic acids is 3. The summed E-state index contributed by atoms with van der Waals surface area (Å²) in [4.78, 5) is 37.6. The first-order valence-corrected chi connectivity index (χ1v) is 14.1. The van der Waals surface area contributed by atoms with Crippen molar-refractivity contribution < 1.29 is 50.2 Å². The standard InChI is InChI=1S/C16H22FNO3.C10H17NO3.C6H4F.2CH4.ClH.Mg/c1-15(2,3)21-14(19)18-10-8-16(20,9-11-18)12-6-4-5-7-13(12)17;1-10(2,3)14-9(13)11-6-4-8(12)5-7-11;7-6-4-2-1-3-5-6;;;;/h4-7,20H,8-11H2,1-3H3;4-7H2,1-3H3;1-4H;2*1H4;1H;/q;;-1;;;;+2/p-1. The Morgan fingerprint density at radius 2 is 1.24 bits per heavy atom. The van der Waals surface area contributed by atoms with Crippen molar-refractivity contribution in [3.05, 3.63) is 71.8 Å². The van der Waals surface area contributed by atoms with E-state index in [-0.39, 0.29) is 68.0 Å².